The molecular weight excluding hydrogens is 300 g/mol. The van der Waals surface area contributed by atoms with Crippen molar-refractivity contribution in [2.75, 3.05) is 0 Å². The van der Waals surface area contributed by atoms with E-state index in [1.165, 1.54) is 6.07 Å². The third-order valence-corrected chi connectivity index (χ3v) is 3.57. The number of pyridine rings is 1. The lowest BCUT2D eigenvalue weighted by Gasteiger charge is -2.06. The van der Waals surface area contributed by atoms with Crippen molar-refractivity contribution in [2.24, 2.45) is 0 Å². The Bertz CT molecular complexity index is 755. The molecule has 0 aliphatic carbocycles. The minimum atomic E-state index is -4.01. The Morgan fingerprint density at radius 1 is 1.25 bits per heavy atom. The molecule has 0 N–H and O–H groups in total. The summed E-state index contributed by atoms with van der Waals surface area (Å²) in [7, 11) is 1.21. The standard InChI is InChI=1S/C13H9ClN2O3S/c14-20(17,18)13-7-11(8-15)6-12(16-13)19-9-10-4-2-1-3-5-10/h1-7H,9H2. The van der Waals surface area contributed by atoms with E-state index in [-0.39, 0.29) is 18.1 Å². The van der Waals surface area contributed by atoms with E-state index in [0.29, 0.717) is 0 Å². The number of halogens is 1. The Balaban J connectivity index is 2.26. The minimum absolute atomic E-state index is 0.0344. The Morgan fingerprint density at radius 3 is 2.55 bits per heavy atom. The van der Waals surface area contributed by atoms with Gasteiger partial charge in [-0.2, -0.15) is 5.26 Å². The van der Waals surface area contributed by atoms with Crippen molar-refractivity contribution in [1.29, 1.82) is 5.26 Å². The van der Waals surface area contributed by atoms with Crippen LogP contribution in [0.3, 0.4) is 0 Å². The number of nitriles is 1. The van der Waals surface area contributed by atoms with E-state index < -0.39 is 14.1 Å². The molecule has 0 aliphatic heterocycles. The number of rotatable bonds is 4. The Morgan fingerprint density at radius 2 is 1.95 bits per heavy atom. The number of hydrogen-bond donors (Lipinski definition) is 0. The fraction of sp³-hybridized carbons (Fsp3) is 0.0769. The van der Waals surface area contributed by atoms with Crippen molar-refractivity contribution in [3.8, 4) is 11.9 Å². The molecule has 2 aromatic rings. The molecule has 0 saturated heterocycles. The van der Waals surface area contributed by atoms with E-state index in [0.717, 1.165) is 11.6 Å². The molecule has 0 bridgehead atoms. The van der Waals surface area contributed by atoms with Crippen molar-refractivity contribution < 1.29 is 13.2 Å². The first-order chi connectivity index (χ1) is 9.49. The van der Waals surface area contributed by atoms with Gasteiger partial charge in [0, 0.05) is 16.7 Å². The zero-order valence-corrected chi connectivity index (χ0v) is 11.7. The van der Waals surface area contributed by atoms with Crippen molar-refractivity contribution in [1.82, 2.24) is 4.98 Å². The highest BCUT2D eigenvalue weighted by Crippen LogP contribution is 2.19. The molecule has 0 fully saturated rings. The van der Waals surface area contributed by atoms with Crippen molar-refractivity contribution in [2.45, 2.75) is 11.6 Å². The molecule has 1 heterocycles. The number of hydrogen-bond acceptors (Lipinski definition) is 5. The quantitative estimate of drug-likeness (QED) is 0.810. The first-order valence-corrected chi connectivity index (χ1v) is 7.83. The van der Waals surface area contributed by atoms with Gasteiger partial charge in [-0.15, -0.1) is 0 Å². The molecule has 0 amide bonds. The molecule has 7 heteroatoms. The maximum Gasteiger partial charge on any atom is 0.278 e. The summed E-state index contributed by atoms with van der Waals surface area (Å²) in [4.78, 5) is 3.77. The molecule has 20 heavy (non-hydrogen) atoms. The SMILES string of the molecule is N#Cc1cc(OCc2ccccc2)nc(S(=O)(=O)Cl)c1. The average molecular weight is 309 g/mol. The highest BCUT2D eigenvalue weighted by atomic mass is 35.7. The molecule has 0 unspecified atom stereocenters. The van der Waals surface area contributed by atoms with E-state index in [2.05, 4.69) is 4.98 Å². The van der Waals surface area contributed by atoms with Crippen LogP contribution in [0.15, 0.2) is 47.5 Å². The van der Waals surface area contributed by atoms with Crippen LogP contribution in [0, 0.1) is 11.3 Å². The Hall–Kier alpha value is -2.10. The van der Waals surface area contributed by atoms with Crippen molar-refractivity contribution in [3.63, 3.8) is 0 Å². The summed E-state index contributed by atoms with van der Waals surface area (Å²) < 4.78 is 27.9. The van der Waals surface area contributed by atoms with E-state index in [1.807, 2.05) is 36.4 Å². The molecule has 2 rings (SSSR count). The maximum atomic E-state index is 11.3. The summed E-state index contributed by atoms with van der Waals surface area (Å²) in [5.41, 5.74) is 1.01. The number of ether oxygens (including phenoxy) is 1. The van der Waals surface area contributed by atoms with Gasteiger partial charge in [-0.05, 0) is 11.6 Å². The first-order valence-electron chi connectivity index (χ1n) is 5.52. The topological polar surface area (TPSA) is 80.0 Å². The van der Waals surface area contributed by atoms with Gasteiger partial charge in [-0.25, -0.2) is 13.4 Å². The zero-order chi connectivity index (χ0) is 14.6. The largest absolute Gasteiger partial charge is 0.473 e. The summed E-state index contributed by atoms with van der Waals surface area (Å²) in [6.45, 7) is 0.213. The molecule has 0 aliphatic rings. The smallest absolute Gasteiger partial charge is 0.278 e. The van der Waals surface area contributed by atoms with Crippen LogP contribution in [-0.2, 0) is 15.7 Å². The van der Waals surface area contributed by atoms with E-state index in [9.17, 15) is 8.42 Å². The molecule has 0 saturated carbocycles. The molecule has 5 nitrogen and oxygen atoms in total. The summed E-state index contributed by atoms with van der Waals surface area (Å²) >= 11 is 0. The first kappa shape index (κ1) is 14.3. The molecule has 1 aromatic carbocycles. The molecule has 0 spiro atoms. The lowest BCUT2D eigenvalue weighted by Crippen LogP contribution is -2.02. The highest BCUT2D eigenvalue weighted by molar-refractivity contribution is 8.13. The van der Waals surface area contributed by atoms with Crippen LogP contribution >= 0.6 is 10.7 Å². The summed E-state index contributed by atoms with van der Waals surface area (Å²) in [6, 6.07) is 13.6. The van der Waals surface area contributed by atoms with E-state index >= 15 is 0 Å². The van der Waals surface area contributed by atoms with Crippen LogP contribution in [0.5, 0.6) is 5.88 Å². The van der Waals surface area contributed by atoms with Gasteiger partial charge >= 0.3 is 0 Å². The van der Waals surface area contributed by atoms with Gasteiger partial charge in [0.15, 0.2) is 5.03 Å². The predicted octanol–water partition coefficient (Wildman–Crippen LogP) is 2.46. The van der Waals surface area contributed by atoms with Gasteiger partial charge < -0.3 is 4.74 Å². The Labute approximate surface area is 120 Å². The number of benzene rings is 1. The van der Waals surface area contributed by atoms with Gasteiger partial charge in [0.2, 0.25) is 5.88 Å². The summed E-state index contributed by atoms with van der Waals surface area (Å²) in [5, 5.41) is 8.46. The molecule has 102 valence electrons. The lowest BCUT2D eigenvalue weighted by molar-refractivity contribution is 0.291. The fourth-order valence-corrected chi connectivity index (χ4v) is 2.18. The van der Waals surface area contributed by atoms with Crippen molar-refractivity contribution >= 4 is 19.7 Å². The predicted molar refractivity (Wildman–Crippen MR) is 72.8 cm³/mol. The van der Waals surface area contributed by atoms with Crippen LogP contribution in [0.2, 0.25) is 0 Å². The van der Waals surface area contributed by atoms with E-state index in [1.54, 1.807) is 0 Å². The van der Waals surface area contributed by atoms with E-state index in [4.69, 9.17) is 20.7 Å². The normalized spacial score (nSPS) is 10.8. The lowest BCUT2D eigenvalue weighted by atomic mass is 10.2. The van der Waals surface area contributed by atoms with Gasteiger partial charge in [-0.3, -0.25) is 0 Å². The van der Waals surface area contributed by atoms with Crippen LogP contribution < -0.4 is 4.74 Å². The molecular formula is C13H9ClN2O3S. The van der Waals surface area contributed by atoms with Gasteiger partial charge in [0.25, 0.3) is 9.05 Å². The van der Waals surface area contributed by atoms with Crippen LogP contribution in [0.25, 0.3) is 0 Å². The summed E-state index contributed by atoms with van der Waals surface area (Å²) in [5.74, 6) is 0.0344. The van der Waals surface area contributed by atoms with Gasteiger partial charge in [0.1, 0.15) is 6.61 Å². The second-order valence-corrected chi connectivity index (χ2v) is 6.37. The monoisotopic (exact) mass is 308 g/mol. The number of aromatic nitrogens is 1. The average Bonchev–Trinajstić information content (AvgIpc) is 2.45. The zero-order valence-electron chi connectivity index (χ0n) is 10.2. The minimum Gasteiger partial charge on any atom is -0.473 e. The molecule has 0 atom stereocenters. The Kier molecular flexibility index (Phi) is 4.23. The third kappa shape index (κ3) is 3.70. The van der Waals surface area contributed by atoms with Gasteiger partial charge in [0.05, 0.1) is 11.6 Å². The summed E-state index contributed by atoms with van der Waals surface area (Å²) in [6.07, 6.45) is 0. The molecule has 0 radical (unpaired) electrons. The molecule has 1 aromatic heterocycles. The van der Waals surface area contributed by atoms with Gasteiger partial charge in [-0.1, -0.05) is 30.3 Å². The fourth-order valence-electron chi connectivity index (χ4n) is 1.48. The van der Waals surface area contributed by atoms with Crippen LogP contribution in [0.1, 0.15) is 11.1 Å². The maximum absolute atomic E-state index is 11.3. The van der Waals surface area contributed by atoms with Crippen LogP contribution in [0.4, 0.5) is 0 Å². The van der Waals surface area contributed by atoms with Crippen molar-refractivity contribution in [3.05, 3.63) is 53.6 Å². The highest BCUT2D eigenvalue weighted by Gasteiger charge is 2.15. The van der Waals surface area contributed by atoms with Crippen LogP contribution in [-0.4, -0.2) is 13.4 Å². The second kappa shape index (κ2) is 5.90. The number of nitrogens with zero attached hydrogens (tertiary/aromatic N) is 2. The second-order valence-electron chi connectivity index (χ2n) is 3.86. The third-order valence-electron chi connectivity index (χ3n) is 2.39.